The molecule has 5 heteroatoms. The highest BCUT2D eigenvalue weighted by Gasteiger charge is 2.70. The zero-order chi connectivity index (χ0) is 24.9. The van der Waals surface area contributed by atoms with Gasteiger partial charge in [-0.25, -0.2) is 0 Å². The summed E-state index contributed by atoms with van der Waals surface area (Å²) in [4.78, 5) is 16.3. The van der Waals surface area contributed by atoms with Gasteiger partial charge in [0.05, 0.1) is 26.7 Å². The van der Waals surface area contributed by atoms with E-state index in [4.69, 9.17) is 14.2 Å². The summed E-state index contributed by atoms with van der Waals surface area (Å²) in [5, 5.41) is 0. The van der Waals surface area contributed by atoms with Crippen LogP contribution < -0.4 is 9.47 Å². The smallest absolute Gasteiger partial charge is 0.314 e. The Hall–Kier alpha value is -3.31. The highest BCUT2D eigenvalue weighted by molar-refractivity contribution is 5.82. The van der Waals surface area contributed by atoms with Crippen LogP contribution in [0.1, 0.15) is 41.0 Å². The fourth-order valence-electron chi connectivity index (χ4n) is 7.80. The summed E-state index contributed by atoms with van der Waals surface area (Å²) in [6.07, 6.45) is 1.95. The number of hydrogen-bond donors (Lipinski definition) is 0. The number of benzene rings is 3. The van der Waals surface area contributed by atoms with Gasteiger partial charge in [0.2, 0.25) is 0 Å². The fraction of sp³-hybridized carbons (Fsp3) is 0.387. The minimum atomic E-state index is -0.594. The quantitative estimate of drug-likeness (QED) is 0.453. The van der Waals surface area contributed by atoms with Crippen molar-refractivity contribution in [3.63, 3.8) is 0 Å². The maximum Gasteiger partial charge on any atom is 0.314 e. The summed E-state index contributed by atoms with van der Waals surface area (Å²) in [5.41, 5.74) is 4.18. The minimum absolute atomic E-state index is 0.0767. The van der Waals surface area contributed by atoms with Crippen molar-refractivity contribution < 1.29 is 19.0 Å². The maximum atomic E-state index is 13.9. The Bertz CT molecular complexity index is 1290. The van der Waals surface area contributed by atoms with Gasteiger partial charge < -0.3 is 14.2 Å². The van der Waals surface area contributed by atoms with E-state index >= 15 is 0 Å². The third-order valence-electron chi connectivity index (χ3n) is 9.12. The van der Waals surface area contributed by atoms with Crippen LogP contribution in [-0.4, -0.2) is 45.3 Å². The minimum Gasteiger partial charge on any atom is -0.493 e. The van der Waals surface area contributed by atoms with Crippen LogP contribution in [0.25, 0.3) is 0 Å². The predicted octanol–water partition coefficient (Wildman–Crippen LogP) is 5.17. The number of methoxy groups -OCH3 is 3. The average molecular weight is 484 g/mol. The van der Waals surface area contributed by atoms with Crippen molar-refractivity contribution in [3.05, 3.63) is 95.1 Å². The molecular formula is C31H33NO4. The Morgan fingerprint density at radius 1 is 0.944 bits per heavy atom. The van der Waals surface area contributed by atoms with Crippen molar-refractivity contribution >= 4 is 5.97 Å². The Labute approximate surface area is 213 Å². The van der Waals surface area contributed by atoms with Gasteiger partial charge in [-0.3, -0.25) is 9.69 Å². The molecule has 2 bridgehead atoms. The van der Waals surface area contributed by atoms with E-state index in [1.165, 1.54) is 22.3 Å². The molecule has 3 aliphatic carbocycles. The van der Waals surface area contributed by atoms with Crippen molar-refractivity contribution in [2.75, 3.05) is 34.4 Å². The molecule has 7 rings (SSSR count). The van der Waals surface area contributed by atoms with Gasteiger partial charge in [-0.1, -0.05) is 60.7 Å². The second-order valence-corrected chi connectivity index (χ2v) is 10.5. The topological polar surface area (TPSA) is 48.0 Å². The van der Waals surface area contributed by atoms with Crippen molar-refractivity contribution in [1.82, 2.24) is 4.90 Å². The highest BCUT2D eigenvalue weighted by atomic mass is 16.5. The first-order valence-electron chi connectivity index (χ1n) is 12.7. The lowest BCUT2D eigenvalue weighted by molar-refractivity contribution is -0.161. The third kappa shape index (κ3) is 3.08. The van der Waals surface area contributed by atoms with Gasteiger partial charge in [-0.05, 0) is 47.2 Å². The van der Waals surface area contributed by atoms with Crippen LogP contribution in [0.2, 0.25) is 0 Å². The molecule has 1 saturated carbocycles. The van der Waals surface area contributed by atoms with Gasteiger partial charge in [-0.2, -0.15) is 0 Å². The van der Waals surface area contributed by atoms with E-state index in [2.05, 4.69) is 65.6 Å². The molecule has 0 N–H and O–H groups in total. The molecule has 0 amide bonds. The highest BCUT2D eigenvalue weighted by Crippen LogP contribution is 2.69. The molecule has 186 valence electrons. The first-order valence-corrected chi connectivity index (χ1v) is 12.7. The van der Waals surface area contributed by atoms with Crippen LogP contribution in [0, 0.1) is 11.3 Å². The van der Waals surface area contributed by atoms with Crippen LogP contribution in [0.5, 0.6) is 11.5 Å². The molecule has 1 aliphatic heterocycles. The zero-order valence-electron chi connectivity index (χ0n) is 21.2. The van der Waals surface area contributed by atoms with Crippen molar-refractivity contribution in [1.29, 1.82) is 0 Å². The number of nitrogens with zero attached hydrogens (tertiary/aromatic N) is 1. The lowest BCUT2D eigenvalue weighted by atomic mass is 9.42. The number of ether oxygens (including phenoxy) is 3. The number of likely N-dealkylation sites (tertiary alicyclic amines) is 1. The summed E-state index contributed by atoms with van der Waals surface area (Å²) in [7, 11) is 4.89. The molecular weight excluding hydrogens is 450 g/mol. The van der Waals surface area contributed by atoms with E-state index in [9.17, 15) is 4.79 Å². The average Bonchev–Trinajstić information content (AvgIpc) is 3.34. The van der Waals surface area contributed by atoms with Crippen molar-refractivity contribution in [3.8, 4) is 11.5 Å². The SMILES string of the molecule is COC(=O)C12CN(Cc3ccccc3)CC1C1(c3ccc(OC)c(OC)c3)CCC2c2ccccc21. The first kappa shape index (κ1) is 23.1. The number of fused-ring (bicyclic) bond motifs is 1. The molecule has 36 heavy (non-hydrogen) atoms. The summed E-state index contributed by atoms with van der Waals surface area (Å²) in [5.74, 6) is 1.60. The fourth-order valence-corrected chi connectivity index (χ4v) is 7.80. The van der Waals surface area contributed by atoms with E-state index in [0.29, 0.717) is 12.3 Å². The van der Waals surface area contributed by atoms with E-state index in [0.717, 1.165) is 31.7 Å². The summed E-state index contributed by atoms with van der Waals surface area (Å²) < 4.78 is 16.9. The molecule has 5 nitrogen and oxygen atoms in total. The number of esters is 1. The Balaban J connectivity index is 1.55. The normalized spacial score (nSPS) is 28.3. The van der Waals surface area contributed by atoms with Gasteiger partial charge in [0.15, 0.2) is 11.5 Å². The Morgan fingerprint density at radius 2 is 1.69 bits per heavy atom. The molecule has 4 aliphatic rings. The summed E-state index contributed by atoms with van der Waals surface area (Å²) in [6.45, 7) is 2.36. The van der Waals surface area contributed by atoms with E-state index in [1.54, 1.807) is 21.3 Å². The molecule has 2 fully saturated rings. The van der Waals surface area contributed by atoms with E-state index < -0.39 is 5.41 Å². The first-order chi connectivity index (χ1) is 17.6. The van der Waals surface area contributed by atoms with Crippen LogP contribution in [-0.2, 0) is 21.5 Å². The second kappa shape index (κ2) is 8.67. The van der Waals surface area contributed by atoms with E-state index in [-0.39, 0.29) is 23.2 Å². The van der Waals surface area contributed by atoms with E-state index in [1.807, 2.05) is 12.1 Å². The molecule has 1 saturated heterocycles. The Morgan fingerprint density at radius 3 is 2.44 bits per heavy atom. The third-order valence-corrected chi connectivity index (χ3v) is 9.12. The van der Waals surface area contributed by atoms with Gasteiger partial charge in [-0.15, -0.1) is 0 Å². The molecule has 3 aromatic carbocycles. The molecule has 4 atom stereocenters. The summed E-state index contributed by atoms with van der Waals surface area (Å²) in [6, 6.07) is 25.6. The maximum absolute atomic E-state index is 13.9. The van der Waals surface area contributed by atoms with Gasteiger partial charge >= 0.3 is 5.97 Å². The van der Waals surface area contributed by atoms with Gasteiger partial charge in [0.25, 0.3) is 0 Å². The summed E-state index contributed by atoms with van der Waals surface area (Å²) >= 11 is 0. The number of carbonyl (C=O) groups is 1. The lowest BCUT2D eigenvalue weighted by Gasteiger charge is -2.59. The van der Waals surface area contributed by atoms with Crippen molar-refractivity contribution in [2.45, 2.75) is 30.7 Å². The van der Waals surface area contributed by atoms with Gasteiger partial charge in [0.1, 0.15) is 0 Å². The van der Waals surface area contributed by atoms with Crippen LogP contribution >= 0.6 is 0 Å². The molecule has 3 aromatic rings. The molecule has 0 radical (unpaired) electrons. The second-order valence-electron chi connectivity index (χ2n) is 10.5. The van der Waals surface area contributed by atoms with Gasteiger partial charge in [0, 0.05) is 36.9 Å². The molecule has 0 spiro atoms. The van der Waals surface area contributed by atoms with Crippen molar-refractivity contribution in [2.24, 2.45) is 11.3 Å². The number of rotatable bonds is 6. The monoisotopic (exact) mass is 483 g/mol. The standard InChI is InChI=1S/C31H33NO4/c1-34-26-14-13-22(17-27(26)35-2)30-16-15-25(23-11-7-8-12-24(23)30)31(29(33)36-3)20-32(19-28(30)31)18-21-9-5-4-6-10-21/h4-14,17,25,28H,15-16,18-20H2,1-3H3. The van der Waals surface area contributed by atoms with Crippen LogP contribution in [0.4, 0.5) is 0 Å². The number of carbonyl (C=O) groups excluding carboxylic acids is 1. The van der Waals surface area contributed by atoms with Crippen LogP contribution in [0.3, 0.4) is 0 Å². The number of hydrogen-bond acceptors (Lipinski definition) is 5. The Kier molecular flexibility index (Phi) is 5.56. The zero-order valence-corrected chi connectivity index (χ0v) is 21.2. The molecule has 0 aromatic heterocycles. The molecule has 1 heterocycles. The lowest BCUT2D eigenvalue weighted by Crippen LogP contribution is -2.60. The predicted molar refractivity (Wildman–Crippen MR) is 138 cm³/mol. The molecule has 4 unspecified atom stereocenters. The largest absolute Gasteiger partial charge is 0.493 e. The van der Waals surface area contributed by atoms with Crippen LogP contribution in [0.15, 0.2) is 72.8 Å².